The molecule has 0 spiro atoms. The van der Waals surface area contributed by atoms with Crippen molar-refractivity contribution in [3.8, 4) is 5.75 Å². The van der Waals surface area contributed by atoms with Crippen molar-refractivity contribution in [1.29, 1.82) is 0 Å². The molecule has 1 aliphatic rings. The molecular formula is C19H18N4O3. The zero-order valence-electron chi connectivity index (χ0n) is 14.3. The molecule has 132 valence electrons. The molecule has 3 aromatic rings. The molecule has 4 rings (SSSR count). The number of hydrogen-bond acceptors (Lipinski definition) is 5. The Labute approximate surface area is 149 Å². The molecule has 2 heterocycles. The first-order valence-electron chi connectivity index (χ1n) is 8.35. The van der Waals surface area contributed by atoms with Crippen molar-refractivity contribution >= 4 is 11.6 Å². The Morgan fingerprint density at radius 1 is 0.962 bits per heavy atom. The van der Waals surface area contributed by atoms with Gasteiger partial charge in [0.25, 0.3) is 0 Å². The monoisotopic (exact) mass is 350 g/mol. The van der Waals surface area contributed by atoms with Gasteiger partial charge in [-0.2, -0.15) is 0 Å². The van der Waals surface area contributed by atoms with E-state index in [0.717, 1.165) is 17.0 Å². The van der Waals surface area contributed by atoms with Gasteiger partial charge in [-0.05, 0) is 29.8 Å². The molecule has 2 aromatic carbocycles. The van der Waals surface area contributed by atoms with Crippen LogP contribution in [-0.2, 0) is 13.1 Å². The van der Waals surface area contributed by atoms with Crippen LogP contribution in [-0.4, -0.2) is 28.0 Å². The summed E-state index contributed by atoms with van der Waals surface area (Å²) in [6, 6.07) is 17.0. The lowest BCUT2D eigenvalue weighted by atomic mass is 10.2. The number of ether oxygens (including phenoxy) is 1. The highest BCUT2D eigenvalue weighted by molar-refractivity contribution is 5.59. The summed E-state index contributed by atoms with van der Waals surface area (Å²) in [5, 5.41) is 4.47. The fraction of sp³-hybridized carbons (Fsp3) is 0.211. The fourth-order valence-corrected chi connectivity index (χ4v) is 3.10. The summed E-state index contributed by atoms with van der Waals surface area (Å²) < 4.78 is 7.87. The van der Waals surface area contributed by atoms with Crippen LogP contribution in [0.2, 0.25) is 0 Å². The summed E-state index contributed by atoms with van der Waals surface area (Å²) in [5.41, 5.74) is 0.672. The molecule has 0 bridgehead atoms. The van der Waals surface area contributed by atoms with Crippen LogP contribution in [0.1, 0.15) is 5.56 Å². The van der Waals surface area contributed by atoms with Crippen LogP contribution in [0.15, 0.2) is 64.2 Å². The smallest absolute Gasteiger partial charge is 0.333 e. The summed E-state index contributed by atoms with van der Waals surface area (Å²) >= 11 is 0. The Balaban J connectivity index is 1.75. The predicted octanol–water partition coefficient (Wildman–Crippen LogP) is 1.61. The first-order valence-corrected chi connectivity index (χ1v) is 8.35. The van der Waals surface area contributed by atoms with E-state index in [4.69, 9.17) is 4.74 Å². The van der Waals surface area contributed by atoms with Gasteiger partial charge in [-0.1, -0.05) is 30.3 Å². The number of methoxy groups -OCH3 is 1. The Morgan fingerprint density at radius 2 is 1.69 bits per heavy atom. The van der Waals surface area contributed by atoms with Crippen LogP contribution in [0.4, 0.5) is 11.6 Å². The highest BCUT2D eigenvalue weighted by Gasteiger charge is 2.25. The molecule has 0 aliphatic carbocycles. The van der Waals surface area contributed by atoms with Gasteiger partial charge >= 0.3 is 11.1 Å². The van der Waals surface area contributed by atoms with Crippen LogP contribution in [0, 0.1) is 0 Å². The Bertz CT molecular complexity index is 1040. The van der Waals surface area contributed by atoms with Crippen LogP contribution in [0.5, 0.6) is 5.75 Å². The molecule has 26 heavy (non-hydrogen) atoms. The summed E-state index contributed by atoms with van der Waals surface area (Å²) in [6.07, 6.45) is 0. The zero-order valence-corrected chi connectivity index (χ0v) is 14.3. The number of anilines is 2. The van der Waals surface area contributed by atoms with E-state index >= 15 is 0 Å². The third kappa shape index (κ3) is 2.77. The minimum atomic E-state index is -0.603. The van der Waals surface area contributed by atoms with Crippen LogP contribution >= 0.6 is 0 Å². The van der Waals surface area contributed by atoms with Crippen molar-refractivity contribution in [2.24, 2.45) is 0 Å². The van der Waals surface area contributed by atoms with E-state index in [1.165, 1.54) is 9.25 Å². The van der Waals surface area contributed by atoms with Crippen LogP contribution in [0.25, 0.3) is 0 Å². The van der Waals surface area contributed by atoms with Crippen molar-refractivity contribution in [2.45, 2.75) is 13.1 Å². The van der Waals surface area contributed by atoms with Crippen molar-refractivity contribution in [2.75, 3.05) is 18.6 Å². The number of aromatic nitrogens is 3. The molecule has 0 amide bonds. The molecule has 1 aliphatic heterocycles. The fourth-order valence-electron chi connectivity index (χ4n) is 3.10. The van der Waals surface area contributed by atoms with E-state index in [2.05, 4.69) is 5.10 Å². The van der Waals surface area contributed by atoms with Gasteiger partial charge in [0, 0.05) is 18.8 Å². The number of rotatable bonds is 4. The van der Waals surface area contributed by atoms with Gasteiger partial charge in [0.1, 0.15) is 5.75 Å². The van der Waals surface area contributed by atoms with Gasteiger partial charge < -0.3 is 9.64 Å². The molecule has 1 aromatic heterocycles. The summed E-state index contributed by atoms with van der Waals surface area (Å²) in [6.45, 7) is 1.29. The summed E-state index contributed by atoms with van der Waals surface area (Å²) in [4.78, 5) is 26.8. The van der Waals surface area contributed by atoms with E-state index in [1.807, 2.05) is 59.5 Å². The summed E-state index contributed by atoms with van der Waals surface area (Å²) in [5.74, 6) is 1.24. The van der Waals surface area contributed by atoms with Gasteiger partial charge in [-0.15, -0.1) is 5.10 Å². The predicted molar refractivity (Wildman–Crippen MR) is 98.3 cm³/mol. The second-order valence-electron chi connectivity index (χ2n) is 6.05. The minimum Gasteiger partial charge on any atom is -0.497 e. The van der Waals surface area contributed by atoms with E-state index < -0.39 is 11.1 Å². The molecule has 0 atom stereocenters. The lowest BCUT2D eigenvalue weighted by molar-refractivity contribution is 0.415. The zero-order chi connectivity index (χ0) is 18.1. The maximum atomic E-state index is 12.5. The maximum absolute atomic E-state index is 12.5. The second kappa shape index (κ2) is 6.51. The Morgan fingerprint density at radius 3 is 2.38 bits per heavy atom. The number of fused-ring (bicyclic) bond motifs is 1. The quantitative estimate of drug-likeness (QED) is 0.669. The van der Waals surface area contributed by atoms with Gasteiger partial charge in [-0.3, -0.25) is 14.2 Å². The first kappa shape index (κ1) is 16.1. The topological polar surface area (TPSA) is 69.4 Å². The third-order valence-corrected chi connectivity index (χ3v) is 4.46. The molecule has 0 saturated carbocycles. The molecule has 7 nitrogen and oxygen atoms in total. The third-order valence-electron chi connectivity index (χ3n) is 4.46. The van der Waals surface area contributed by atoms with E-state index in [-0.39, 0.29) is 6.54 Å². The van der Waals surface area contributed by atoms with Crippen LogP contribution < -0.4 is 20.8 Å². The molecule has 0 unspecified atom stereocenters. The van der Waals surface area contributed by atoms with Crippen molar-refractivity contribution < 1.29 is 4.74 Å². The SMILES string of the molecule is COc1ccc(N2CCn3c2nn(Cc2ccccc2)c(=O)c3=O)cc1. The van der Waals surface area contributed by atoms with Crippen molar-refractivity contribution in [3.63, 3.8) is 0 Å². The van der Waals surface area contributed by atoms with Gasteiger partial charge in [0.2, 0.25) is 5.95 Å². The normalized spacial score (nSPS) is 12.9. The second-order valence-corrected chi connectivity index (χ2v) is 6.05. The van der Waals surface area contributed by atoms with E-state index in [1.54, 1.807) is 7.11 Å². The van der Waals surface area contributed by atoms with Gasteiger partial charge in [0.05, 0.1) is 13.7 Å². The molecule has 0 radical (unpaired) electrons. The van der Waals surface area contributed by atoms with Gasteiger partial charge in [-0.25, -0.2) is 4.68 Å². The van der Waals surface area contributed by atoms with Crippen LogP contribution in [0.3, 0.4) is 0 Å². The number of hydrogen-bond donors (Lipinski definition) is 0. The largest absolute Gasteiger partial charge is 0.497 e. The van der Waals surface area contributed by atoms with Gasteiger partial charge in [0.15, 0.2) is 0 Å². The highest BCUT2D eigenvalue weighted by Crippen LogP contribution is 2.27. The average molecular weight is 350 g/mol. The summed E-state index contributed by atoms with van der Waals surface area (Å²) in [7, 11) is 1.61. The molecule has 0 saturated heterocycles. The number of benzene rings is 2. The first-order chi connectivity index (χ1) is 12.7. The molecule has 0 N–H and O–H groups in total. The lowest BCUT2D eigenvalue weighted by Crippen LogP contribution is -2.42. The average Bonchev–Trinajstić information content (AvgIpc) is 3.10. The highest BCUT2D eigenvalue weighted by atomic mass is 16.5. The molecule has 7 heteroatoms. The van der Waals surface area contributed by atoms with E-state index in [0.29, 0.717) is 19.0 Å². The Hall–Kier alpha value is -3.35. The standard InChI is InChI=1S/C19H18N4O3/c1-26-16-9-7-15(8-10-16)21-11-12-22-17(24)18(25)23(20-19(21)22)13-14-5-3-2-4-6-14/h2-10H,11-13H2,1H3. The molecular weight excluding hydrogens is 332 g/mol. The minimum absolute atomic E-state index is 0.263. The van der Waals surface area contributed by atoms with E-state index in [9.17, 15) is 9.59 Å². The van der Waals surface area contributed by atoms with Crippen molar-refractivity contribution in [3.05, 3.63) is 80.9 Å². The number of nitrogens with zero attached hydrogens (tertiary/aromatic N) is 4. The van der Waals surface area contributed by atoms with Crippen molar-refractivity contribution in [1.82, 2.24) is 14.3 Å². The molecule has 0 fully saturated rings. The Kier molecular flexibility index (Phi) is 4.04. The maximum Gasteiger partial charge on any atom is 0.333 e. The lowest BCUT2D eigenvalue weighted by Gasteiger charge is -2.18.